The van der Waals surface area contributed by atoms with E-state index in [4.69, 9.17) is 16.6 Å². The molecule has 1 saturated heterocycles. The number of imidazole rings is 1. The molecule has 1 aliphatic rings. The minimum absolute atomic E-state index is 0.781. The minimum Gasteiger partial charge on any atom is -0.322 e. The highest BCUT2D eigenvalue weighted by molar-refractivity contribution is 6.30. The van der Waals surface area contributed by atoms with Crippen molar-refractivity contribution < 1.29 is 0 Å². The number of rotatable bonds is 4. The van der Waals surface area contributed by atoms with E-state index in [2.05, 4.69) is 47.6 Å². The van der Waals surface area contributed by atoms with Crippen LogP contribution >= 0.6 is 11.6 Å². The van der Waals surface area contributed by atoms with E-state index in [0.29, 0.717) is 0 Å². The van der Waals surface area contributed by atoms with Crippen LogP contribution in [-0.4, -0.2) is 27.5 Å². The van der Waals surface area contributed by atoms with E-state index in [1.54, 1.807) is 0 Å². The molecule has 1 fully saturated rings. The fraction of sp³-hybridized carbons (Fsp3) is 0.381. The zero-order chi connectivity index (χ0) is 17.4. The highest BCUT2D eigenvalue weighted by atomic mass is 35.5. The van der Waals surface area contributed by atoms with Crippen LogP contribution in [0.25, 0.3) is 11.0 Å². The zero-order valence-electron chi connectivity index (χ0n) is 14.9. The first-order valence-corrected chi connectivity index (χ1v) is 9.42. The van der Waals surface area contributed by atoms with Crippen LogP contribution in [0.4, 0.5) is 0 Å². The lowest BCUT2D eigenvalue weighted by Crippen LogP contribution is -2.21. The minimum atomic E-state index is 0.781. The Hall–Kier alpha value is -1.84. The van der Waals surface area contributed by atoms with Gasteiger partial charge in [-0.25, -0.2) is 4.98 Å². The highest BCUT2D eigenvalue weighted by Gasteiger charge is 2.18. The average molecular weight is 354 g/mol. The van der Waals surface area contributed by atoms with Gasteiger partial charge in [-0.3, -0.25) is 4.90 Å². The SMILES string of the molecule is Cc1ccc2c(nc(CN3CCCC3)n2Cc2ccc(Cl)cc2)c1C. The Bertz CT molecular complexity index is 890. The molecule has 4 heteroatoms. The van der Waals surface area contributed by atoms with Crippen molar-refractivity contribution >= 4 is 22.6 Å². The smallest absolute Gasteiger partial charge is 0.124 e. The lowest BCUT2D eigenvalue weighted by atomic mass is 10.1. The molecule has 0 amide bonds. The molecule has 0 spiro atoms. The maximum atomic E-state index is 6.05. The number of hydrogen-bond acceptors (Lipinski definition) is 2. The third-order valence-corrected chi connectivity index (χ3v) is 5.59. The number of nitrogens with zero attached hydrogens (tertiary/aromatic N) is 3. The average Bonchev–Trinajstić information content (AvgIpc) is 3.23. The van der Waals surface area contributed by atoms with Crippen molar-refractivity contribution in [1.29, 1.82) is 0 Å². The van der Waals surface area contributed by atoms with Crippen LogP contribution in [-0.2, 0) is 13.1 Å². The van der Waals surface area contributed by atoms with Gasteiger partial charge in [0.15, 0.2) is 0 Å². The Morgan fingerprint density at radius 3 is 2.40 bits per heavy atom. The summed E-state index contributed by atoms with van der Waals surface area (Å²) in [6, 6.07) is 12.6. The molecule has 3 aromatic rings. The van der Waals surface area contributed by atoms with E-state index >= 15 is 0 Å². The summed E-state index contributed by atoms with van der Waals surface area (Å²) < 4.78 is 2.38. The molecule has 0 saturated carbocycles. The van der Waals surface area contributed by atoms with Crippen LogP contribution in [0.3, 0.4) is 0 Å². The Kier molecular flexibility index (Phi) is 4.53. The van der Waals surface area contributed by atoms with Crippen LogP contribution in [0.5, 0.6) is 0 Å². The maximum absolute atomic E-state index is 6.05. The maximum Gasteiger partial charge on any atom is 0.124 e. The zero-order valence-corrected chi connectivity index (χ0v) is 15.7. The largest absolute Gasteiger partial charge is 0.322 e. The molecule has 4 rings (SSSR count). The summed E-state index contributed by atoms with van der Waals surface area (Å²) in [5, 5.41) is 0.781. The quantitative estimate of drug-likeness (QED) is 0.661. The Labute approximate surface area is 154 Å². The fourth-order valence-corrected chi connectivity index (χ4v) is 3.81. The van der Waals surface area contributed by atoms with E-state index in [1.165, 1.54) is 54.0 Å². The van der Waals surface area contributed by atoms with Gasteiger partial charge in [-0.05, 0) is 74.7 Å². The molecular formula is C21H24ClN3. The van der Waals surface area contributed by atoms with Gasteiger partial charge in [0.25, 0.3) is 0 Å². The third kappa shape index (κ3) is 3.31. The Morgan fingerprint density at radius 1 is 0.960 bits per heavy atom. The molecule has 2 heterocycles. The van der Waals surface area contributed by atoms with Gasteiger partial charge in [-0.1, -0.05) is 29.8 Å². The van der Waals surface area contributed by atoms with Gasteiger partial charge in [0.2, 0.25) is 0 Å². The second kappa shape index (κ2) is 6.81. The topological polar surface area (TPSA) is 21.1 Å². The predicted molar refractivity (Wildman–Crippen MR) is 104 cm³/mol. The van der Waals surface area contributed by atoms with Crippen molar-refractivity contribution in [2.75, 3.05) is 13.1 Å². The number of likely N-dealkylation sites (tertiary alicyclic amines) is 1. The summed E-state index contributed by atoms with van der Waals surface area (Å²) >= 11 is 6.05. The van der Waals surface area contributed by atoms with Gasteiger partial charge < -0.3 is 4.57 Å². The highest BCUT2D eigenvalue weighted by Crippen LogP contribution is 2.25. The van der Waals surface area contributed by atoms with Gasteiger partial charge in [0.05, 0.1) is 17.6 Å². The molecule has 0 radical (unpaired) electrons. The first-order chi connectivity index (χ1) is 12.1. The van der Waals surface area contributed by atoms with Crippen molar-refractivity contribution in [3.05, 3.63) is 63.9 Å². The first-order valence-electron chi connectivity index (χ1n) is 9.04. The molecule has 130 valence electrons. The molecule has 2 aromatic carbocycles. The summed E-state index contributed by atoms with van der Waals surface area (Å²) in [5.41, 5.74) is 6.21. The molecule has 1 aromatic heterocycles. The lowest BCUT2D eigenvalue weighted by Gasteiger charge is -2.16. The van der Waals surface area contributed by atoms with Crippen LogP contribution in [0, 0.1) is 13.8 Å². The van der Waals surface area contributed by atoms with Gasteiger partial charge >= 0.3 is 0 Å². The molecule has 3 nitrogen and oxygen atoms in total. The summed E-state index contributed by atoms with van der Waals surface area (Å²) in [5.74, 6) is 1.17. The summed E-state index contributed by atoms with van der Waals surface area (Å²) in [7, 11) is 0. The molecular weight excluding hydrogens is 330 g/mol. The number of aryl methyl sites for hydroxylation is 2. The van der Waals surface area contributed by atoms with Crippen molar-refractivity contribution in [2.24, 2.45) is 0 Å². The van der Waals surface area contributed by atoms with Gasteiger partial charge in [0, 0.05) is 11.6 Å². The molecule has 25 heavy (non-hydrogen) atoms. The summed E-state index contributed by atoms with van der Waals surface area (Å²) in [4.78, 5) is 7.56. The fourth-order valence-electron chi connectivity index (χ4n) is 3.68. The number of benzene rings is 2. The van der Waals surface area contributed by atoms with E-state index < -0.39 is 0 Å². The second-order valence-electron chi connectivity index (χ2n) is 7.10. The molecule has 0 unspecified atom stereocenters. The molecule has 0 atom stereocenters. The van der Waals surface area contributed by atoms with Gasteiger partial charge in [-0.2, -0.15) is 0 Å². The standard InChI is InChI=1S/C21H24ClN3/c1-15-5-10-19-21(16(15)2)23-20(14-24-11-3-4-12-24)25(19)13-17-6-8-18(22)9-7-17/h5-10H,3-4,11-14H2,1-2H3. The normalized spacial score (nSPS) is 15.3. The van der Waals surface area contributed by atoms with Crippen LogP contribution in [0.2, 0.25) is 5.02 Å². The number of aromatic nitrogens is 2. The van der Waals surface area contributed by atoms with Crippen LogP contribution in [0.15, 0.2) is 36.4 Å². The monoisotopic (exact) mass is 353 g/mol. The van der Waals surface area contributed by atoms with E-state index in [0.717, 1.165) is 23.6 Å². The molecule has 0 bridgehead atoms. The predicted octanol–water partition coefficient (Wildman–Crippen LogP) is 4.95. The van der Waals surface area contributed by atoms with E-state index in [1.807, 2.05) is 12.1 Å². The first kappa shape index (κ1) is 16.6. The van der Waals surface area contributed by atoms with Crippen LogP contribution in [0.1, 0.15) is 35.4 Å². The number of hydrogen-bond donors (Lipinski definition) is 0. The molecule has 1 aliphatic heterocycles. The molecule has 0 aliphatic carbocycles. The van der Waals surface area contributed by atoms with E-state index in [9.17, 15) is 0 Å². The second-order valence-corrected chi connectivity index (χ2v) is 7.54. The number of fused-ring (bicyclic) bond motifs is 1. The van der Waals surface area contributed by atoms with Gasteiger partial charge in [0.1, 0.15) is 5.82 Å². The summed E-state index contributed by atoms with van der Waals surface area (Å²) in [6.45, 7) is 8.47. The van der Waals surface area contributed by atoms with Gasteiger partial charge in [-0.15, -0.1) is 0 Å². The Balaban J connectivity index is 1.77. The van der Waals surface area contributed by atoms with Crippen molar-refractivity contribution in [3.63, 3.8) is 0 Å². The van der Waals surface area contributed by atoms with Crippen molar-refractivity contribution in [1.82, 2.24) is 14.5 Å². The van der Waals surface area contributed by atoms with Crippen molar-refractivity contribution in [3.8, 4) is 0 Å². The van der Waals surface area contributed by atoms with Crippen LogP contribution < -0.4 is 0 Å². The molecule has 0 N–H and O–H groups in total. The Morgan fingerprint density at radius 2 is 1.68 bits per heavy atom. The lowest BCUT2D eigenvalue weighted by molar-refractivity contribution is 0.318. The third-order valence-electron chi connectivity index (χ3n) is 5.34. The summed E-state index contributed by atoms with van der Waals surface area (Å²) in [6.07, 6.45) is 2.60. The van der Waals surface area contributed by atoms with Crippen molar-refractivity contribution in [2.45, 2.75) is 39.8 Å². The number of halogens is 1. The van der Waals surface area contributed by atoms with E-state index in [-0.39, 0.29) is 0 Å².